The highest BCUT2D eigenvalue weighted by Crippen LogP contribution is 2.49. The highest BCUT2D eigenvalue weighted by Gasteiger charge is 2.24. The van der Waals surface area contributed by atoms with Crippen LogP contribution in [0.2, 0.25) is 0 Å². The summed E-state index contributed by atoms with van der Waals surface area (Å²) in [6.07, 6.45) is 6.75. The first kappa shape index (κ1) is 22.4. The van der Waals surface area contributed by atoms with Gasteiger partial charge in [0, 0.05) is 5.57 Å². The van der Waals surface area contributed by atoms with E-state index in [1.165, 1.54) is 0 Å². The van der Waals surface area contributed by atoms with Gasteiger partial charge >= 0.3 is 13.6 Å². The third kappa shape index (κ3) is 12.4. The van der Waals surface area contributed by atoms with Crippen LogP contribution in [0.25, 0.3) is 0 Å². The van der Waals surface area contributed by atoms with Gasteiger partial charge in [-0.2, -0.15) is 0 Å². The summed E-state index contributed by atoms with van der Waals surface area (Å²) >= 11 is 0. The summed E-state index contributed by atoms with van der Waals surface area (Å²) in [6, 6.07) is 0. The number of carbonyl (C=O) groups is 1. The second-order valence-electron chi connectivity index (χ2n) is 5.68. The Labute approximate surface area is 141 Å². The molecule has 0 saturated heterocycles. The van der Waals surface area contributed by atoms with Crippen molar-refractivity contribution in [3.8, 4) is 0 Å². The minimum atomic E-state index is -3.10. The topological polar surface area (TPSA) is 61.8 Å². The van der Waals surface area contributed by atoms with Crippen molar-refractivity contribution in [1.82, 2.24) is 0 Å². The van der Waals surface area contributed by atoms with Crippen LogP contribution in [0.4, 0.5) is 0 Å². The van der Waals surface area contributed by atoms with Crippen molar-refractivity contribution in [2.24, 2.45) is 0 Å². The molecule has 6 heteroatoms. The van der Waals surface area contributed by atoms with Crippen LogP contribution >= 0.6 is 7.60 Å². The zero-order valence-electron chi connectivity index (χ0n) is 15.0. The number of esters is 1. The minimum Gasteiger partial charge on any atom is -0.462 e. The van der Waals surface area contributed by atoms with E-state index < -0.39 is 13.6 Å². The lowest BCUT2D eigenvalue weighted by atomic mass is 10.3. The molecule has 0 aliphatic heterocycles. The second kappa shape index (κ2) is 13.8. The first-order valence-corrected chi connectivity index (χ1v) is 10.4. The molecule has 0 aromatic heterocycles. The fourth-order valence-electron chi connectivity index (χ4n) is 1.82. The molecule has 0 aliphatic rings. The SMILES string of the molecule is C=C(C)C(=O)OCCCP(=O)(OCCCCC)OCCCCC. The van der Waals surface area contributed by atoms with Crippen molar-refractivity contribution in [3.05, 3.63) is 12.2 Å². The van der Waals surface area contributed by atoms with Gasteiger partial charge in [-0.3, -0.25) is 4.57 Å². The number of unbranched alkanes of at least 4 members (excludes halogenated alkanes) is 4. The maximum absolute atomic E-state index is 12.7. The van der Waals surface area contributed by atoms with Crippen LogP contribution in [0.15, 0.2) is 12.2 Å². The predicted octanol–water partition coefficient (Wildman–Crippen LogP) is 5.10. The van der Waals surface area contributed by atoms with Crippen LogP contribution < -0.4 is 0 Å². The molecule has 0 radical (unpaired) electrons. The Kier molecular flexibility index (Phi) is 13.4. The average molecular weight is 348 g/mol. The molecule has 0 unspecified atom stereocenters. The van der Waals surface area contributed by atoms with Gasteiger partial charge in [0.2, 0.25) is 0 Å². The largest absolute Gasteiger partial charge is 0.462 e. The molecule has 0 amide bonds. The summed E-state index contributed by atoms with van der Waals surface area (Å²) in [5.41, 5.74) is 0.361. The molecule has 0 spiro atoms. The molecule has 0 rings (SSSR count). The third-order valence-electron chi connectivity index (χ3n) is 3.23. The molecule has 0 aromatic carbocycles. The van der Waals surface area contributed by atoms with Gasteiger partial charge in [0.25, 0.3) is 0 Å². The highest BCUT2D eigenvalue weighted by atomic mass is 31.2. The molecular weight excluding hydrogens is 315 g/mol. The Morgan fingerprint density at radius 2 is 1.43 bits per heavy atom. The van der Waals surface area contributed by atoms with Crippen molar-refractivity contribution in [2.75, 3.05) is 26.0 Å². The zero-order valence-corrected chi connectivity index (χ0v) is 15.9. The van der Waals surface area contributed by atoms with Crippen LogP contribution in [0, 0.1) is 0 Å². The molecule has 0 aliphatic carbocycles. The molecule has 0 heterocycles. The lowest BCUT2D eigenvalue weighted by molar-refractivity contribution is -0.138. The van der Waals surface area contributed by atoms with Crippen LogP contribution in [0.1, 0.15) is 65.7 Å². The third-order valence-corrected chi connectivity index (χ3v) is 5.25. The lowest BCUT2D eigenvalue weighted by Gasteiger charge is -2.18. The summed E-state index contributed by atoms with van der Waals surface area (Å²) in [4.78, 5) is 11.3. The molecule has 0 aromatic rings. The molecule has 0 saturated carbocycles. The van der Waals surface area contributed by atoms with E-state index in [0.717, 1.165) is 38.5 Å². The maximum atomic E-state index is 12.7. The minimum absolute atomic E-state index is 0.201. The second-order valence-corrected chi connectivity index (χ2v) is 7.87. The Bertz CT molecular complexity index is 365. The fraction of sp³-hybridized carbons (Fsp3) is 0.824. The number of ether oxygens (including phenoxy) is 1. The average Bonchev–Trinajstić information content (AvgIpc) is 2.52. The Morgan fingerprint density at radius 3 is 1.87 bits per heavy atom. The monoisotopic (exact) mass is 348 g/mol. The van der Waals surface area contributed by atoms with Gasteiger partial charge in [0.05, 0.1) is 26.0 Å². The smallest absolute Gasteiger partial charge is 0.333 e. The van der Waals surface area contributed by atoms with Crippen LogP contribution in [-0.2, 0) is 23.1 Å². The molecule has 136 valence electrons. The van der Waals surface area contributed by atoms with E-state index in [1.54, 1.807) is 6.92 Å². The molecule has 0 bridgehead atoms. The first-order valence-electron chi connectivity index (χ1n) is 8.66. The molecule has 5 nitrogen and oxygen atoms in total. The van der Waals surface area contributed by atoms with Crippen LogP contribution in [-0.4, -0.2) is 32.0 Å². The molecule has 0 fully saturated rings. The zero-order chi connectivity index (χ0) is 17.6. The summed E-state index contributed by atoms with van der Waals surface area (Å²) in [5.74, 6) is -0.424. The van der Waals surface area contributed by atoms with E-state index in [2.05, 4.69) is 20.4 Å². The van der Waals surface area contributed by atoms with E-state index in [1.807, 2.05) is 0 Å². The van der Waals surface area contributed by atoms with E-state index in [4.69, 9.17) is 13.8 Å². The molecule has 23 heavy (non-hydrogen) atoms. The standard InChI is InChI=1S/C17H33O5P/c1-5-7-9-13-21-23(19,22-14-10-8-6-2)15-11-12-20-17(18)16(3)4/h3,5-15H2,1-2,4H3. The molecule has 0 N–H and O–H groups in total. The number of rotatable bonds is 15. The predicted molar refractivity (Wildman–Crippen MR) is 93.8 cm³/mol. The van der Waals surface area contributed by atoms with Crippen LogP contribution in [0.5, 0.6) is 0 Å². The highest BCUT2D eigenvalue weighted by molar-refractivity contribution is 7.53. The molecule has 0 atom stereocenters. The summed E-state index contributed by atoms with van der Waals surface area (Å²) in [7, 11) is -3.10. The van der Waals surface area contributed by atoms with Gasteiger partial charge < -0.3 is 13.8 Å². The summed E-state index contributed by atoms with van der Waals surface area (Å²) in [6.45, 7) is 10.4. The van der Waals surface area contributed by atoms with Crippen LogP contribution in [0.3, 0.4) is 0 Å². The summed E-state index contributed by atoms with van der Waals surface area (Å²) in [5, 5.41) is 0. The van der Waals surface area contributed by atoms with E-state index in [0.29, 0.717) is 25.2 Å². The van der Waals surface area contributed by atoms with Crippen molar-refractivity contribution >= 4 is 13.6 Å². The van der Waals surface area contributed by atoms with Crippen molar-refractivity contribution < 1.29 is 23.1 Å². The van der Waals surface area contributed by atoms with Gasteiger partial charge in [0.1, 0.15) is 0 Å². The van der Waals surface area contributed by atoms with E-state index in [9.17, 15) is 9.36 Å². The quantitative estimate of drug-likeness (QED) is 0.178. The summed E-state index contributed by atoms with van der Waals surface area (Å²) < 4.78 is 28.8. The van der Waals surface area contributed by atoms with Crippen molar-refractivity contribution in [1.29, 1.82) is 0 Å². The van der Waals surface area contributed by atoms with Gasteiger partial charge in [0.15, 0.2) is 0 Å². The van der Waals surface area contributed by atoms with Crippen molar-refractivity contribution in [3.63, 3.8) is 0 Å². The number of hydrogen-bond acceptors (Lipinski definition) is 5. The van der Waals surface area contributed by atoms with Gasteiger partial charge in [-0.25, -0.2) is 4.79 Å². The number of carbonyl (C=O) groups excluding carboxylic acids is 1. The van der Waals surface area contributed by atoms with Gasteiger partial charge in [-0.15, -0.1) is 0 Å². The Hall–Kier alpha value is -0.640. The van der Waals surface area contributed by atoms with Gasteiger partial charge in [-0.05, 0) is 26.2 Å². The Balaban J connectivity index is 4.20. The van der Waals surface area contributed by atoms with Crippen molar-refractivity contribution in [2.45, 2.75) is 65.7 Å². The Morgan fingerprint density at radius 1 is 0.913 bits per heavy atom. The lowest BCUT2D eigenvalue weighted by Crippen LogP contribution is -2.09. The fourth-order valence-corrected chi connectivity index (χ4v) is 3.49. The first-order chi connectivity index (χ1) is 10.9. The number of hydrogen-bond donors (Lipinski definition) is 0. The van der Waals surface area contributed by atoms with Gasteiger partial charge in [-0.1, -0.05) is 46.1 Å². The van der Waals surface area contributed by atoms with E-state index >= 15 is 0 Å². The maximum Gasteiger partial charge on any atom is 0.333 e. The normalized spacial score (nSPS) is 11.4. The molecular formula is C17H33O5P. The van der Waals surface area contributed by atoms with E-state index in [-0.39, 0.29) is 12.8 Å².